The van der Waals surface area contributed by atoms with Gasteiger partial charge in [0.25, 0.3) is 0 Å². The van der Waals surface area contributed by atoms with Gasteiger partial charge in [0.1, 0.15) is 0 Å². The van der Waals surface area contributed by atoms with Crippen molar-refractivity contribution in [3.8, 4) is 0 Å². The number of H-pyrrole nitrogens is 1. The van der Waals surface area contributed by atoms with Crippen molar-refractivity contribution >= 4 is 44.2 Å². The molecule has 2 heterocycles. The molecule has 2 aromatic heterocycles. The summed E-state index contributed by atoms with van der Waals surface area (Å²) in [4.78, 5) is 19.7. The molecule has 94 valence electrons. The number of aromatic amines is 1. The molecule has 0 aliphatic carbocycles. The number of fused-ring (bicyclic) bond motifs is 1. The molecule has 0 radical (unpaired) electrons. The van der Waals surface area contributed by atoms with Crippen LogP contribution >= 0.6 is 27.5 Å². The Kier molecular flexibility index (Phi) is 3.12. The molecule has 3 rings (SSSR count). The molecule has 0 aliphatic heterocycles. The Bertz CT molecular complexity index is 782. The maximum Gasteiger partial charge on any atom is 0.196 e. The maximum absolute atomic E-state index is 12.6. The summed E-state index contributed by atoms with van der Waals surface area (Å²) in [6.45, 7) is 0. The number of hydrogen-bond donors (Lipinski definition) is 1. The molecular weight excluding hydrogens is 328 g/mol. The first-order valence-corrected chi connectivity index (χ1v) is 6.75. The number of rotatable bonds is 2. The third-order valence-electron chi connectivity index (χ3n) is 2.90. The fraction of sp³-hybridized carbons (Fsp3) is 0. The standard InChI is InChI=1S/C14H8BrClN2O/c15-12-2-1-8(16)5-9(12)14(19)11-7-18-13-3-4-17-6-10(11)13/h1-7,18H. The van der Waals surface area contributed by atoms with E-state index in [0.717, 1.165) is 15.4 Å². The molecule has 5 heteroatoms. The van der Waals surface area contributed by atoms with Crippen molar-refractivity contribution in [3.63, 3.8) is 0 Å². The lowest BCUT2D eigenvalue weighted by atomic mass is 10.0. The lowest BCUT2D eigenvalue weighted by Crippen LogP contribution is -2.01. The normalized spacial score (nSPS) is 10.8. The lowest BCUT2D eigenvalue weighted by molar-refractivity contribution is 0.103. The van der Waals surface area contributed by atoms with Crippen LogP contribution in [-0.2, 0) is 0 Å². The Morgan fingerprint density at radius 1 is 1.26 bits per heavy atom. The lowest BCUT2D eigenvalue weighted by Gasteiger charge is -2.03. The Labute approximate surface area is 122 Å². The highest BCUT2D eigenvalue weighted by atomic mass is 79.9. The average molecular weight is 336 g/mol. The zero-order valence-electron chi connectivity index (χ0n) is 9.65. The summed E-state index contributed by atoms with van der Waals surface area (Å²) in [6, 6.07) is 6.99. The molecular formula is C14H8BrClN2O. The second kappa shape index (κ2) is 4.79. The molecule has 3 aromatic rings. The van der Waals surface area contributed by atoms with Crippen LogP contribution in [0.2, 0.25) is 5.02 Å². The van der Waals surface area contributed by atoms with Gasteiger partial charge in [-0.25, -0.2) is 0 Å². The number of carbonyl (C=O) groups excluding carboxylic acids is 1. The van der Waals surface area contributed by atoms with Crippen LogP contribution in [0.25, 0.3) is 10.9 Å². The minimum absolute atomic E-state index is 0.0892. The van der Waals surface area contributed by atoms with Gasteiger partial charge in [-0.2, -0.15) is 0 Å². The second-order valence-corrected chi connectivity index (χ2v) is 5.37. The molecule has 0 saturated carbocycles. The van der Waals surface area contributed by atoms with Gasteiger partial charge in [-0.15, -0.1) is 0 Å². The Morgan fingerprint density at radius 3 is 2.95 bits per heavy atom. The van der Waals surface area contributed by atoms with Crippen LogP contribution in [0.1, 0.15) is 15.9 Å². The van der Waals surface area contributed by atoms with Gasteiger partial charge in [0.2, 0.25) is 0 Å². The smallest absolute Gasteiger partial charge is 0.196 e. The van der Waals surface area contributed by atoms with E-state index in [1.807, 2.05) is 6.07 Å². The molecule has 0 saturated heterocycles. The highest BCUT2D eigenvalue weighted by Crippen LogP contribution is 2.26. The van der Waals surface area contributed by atoms with Crippen LogP contribution in [0.3, 0.4) is 0 Å². The average Bonchev–Trinajstić information content (AvgIpc) is 2.84. The van der Waals surface area contributed by atoms with Crippen molar-refractivity contribution in [3.05, 3.63) is 63.5 Å². The number of pyridine rings is 1. The summed E-state index contributed by atoms with van der Waals surface area (Å²) in [5.41, 5.74) is 2.01. The van der Waals surface area contributed by atoms with Gasteiger partial charge in [0.15, 0.2) is 5.78 Å². The quantitative estimate of drug-likeness (QED) is 0.713. The predicted octanol–water partition coefficient (Wildman–Crippen LogP) is 4.21. The number of hydrogen-bond acceptors (Lipinski definition) is 2. The minimum Gasteiger partial charge on any atom is -0.360 e. The summed E-state index contributed by atoms with van der Waals surface area (Å²) >= 11 is 9.32. The van der Waals surface area contributed by atoms with Crippen molar-refractivity contribution in [1.29, 1.82) is 0 Å². The number of halogens is 2. The molecule has 0 fully saturated rings. The fourth-order valence-corrected chi connectivity index (χ4v) is 2.57. The van der Waals surface area contributed by atoms with Gasteiger partial charge in [-0.1, -0.05) is 27.5 Å². The molecule has 0 bridgehead atoms. The summed E-state index contributed by atoms with van der Waals surface area (Å²) in [5, 5.41) is 1.34. The zero-order chi connectivity index (χ0) is 13.4. The maximum atomic E-state index is 12.6. The molecule has 19 heavy (non-hydrogen) atoms. The monoisotopic (exact) mass is 334 g/mol. The number of nitrogens with one attached hydrogen (secondary N) is 1. The van der Waals surface area contributed by atoms with Crippen molar-refractivity contribution in [2.75, 3.05) is 0 Å². The van der Waals surface area contributed by atoms with E-state index in [4.69, 9.17) is 11.6 Å². The second-order valence-electron chi connectivity index (χ2n) is 4.08. The summed E-state index contributed by atoms with van der Waals surface area (Å²) < 4.78 is 0.722. The fourth-order valence-electron chi connectivity index (χ4n) is 1.97. The molecule has 0 spiro atoms. The molecule has 0 aliphatic rings. The zero-order valence-corrected chi connectivity index (χ0v) is 12.0. The molecule has 0 atom stereocenters. The molecule has 3 nitrogen and oxygen atoms in total. The Morgan fingerprint density at radius 2 is 2.11 bits per heavy atom. The van der Waals surface area contributed by atoms with Crippen molar-refractivity contribution in [1.82, 2.24) is 9.97 Å². The van der Waals surface area contributed by atoms with Crippen molar-refractivity contribution in [2.24, 2.45) is 0 Å². The van der Waals surface area contributed by atoms with Crippen LogP contribution in [0.5, 0.6) is 0 Å². The Balaban J connectivity index is 2.16. The van der Waals surface area contributed by atoms with Gasteiger partial charge < -0.3 is 4.98 Å². The molecule has 1 N–H and O–H groups in total. The van der Waals surface area contributed by atoms with Crippen molar-refractivity contribution < 1.29 is 4.79 Å². The van der Waals surface area contributed by atoms with Crippen LogP contribution in [0.15, 0.2) is 47.3 Å². The van der Waals surface area contributed by atoms with Crippen LogP contribution < -0.4 is 0 Å². The number of benzene rings is 1. The minimum atomic E-state index is -0.0892. The first-order chi connectivity index (χ1) is 9.16. The first kappa shape index (κ1) is 12.4. The van der Waals surface area contributed by atoms with Crippen molar-refractivity contribution in [2.45, 2.75) is 0 Å². The molecule has 1 aromatic carbocycles. The van der Waals surface area contributed by atoms with Gasteiger partial charge in [0.05, 0.1) is 0 Å². The molecule has 0 amide bonds. The SMILES string of the molecule is O=C(c1cc(Cl)ccc1Br)c1c[nH]c2ccncc12. The van der Waals surface area contributed by atoms with Gasteiger partial charge in [0, 0.05) is 50.1 Å². The topological polar surface area (TPSA) is 45.8 Å². The predicted molar refractivity (Wildman–Crippen MR) is 78.7 cm³/mol. The van der Waals surface area contributed by atoms with E-state index in [1.54, 1.807) is 36.8 Å². The van der Waals surface area contributed by atoms with E-state index >= 15 is 0 Å². The van der Waals surface area contributed by atoms with Crippen LogP contribution in [-0.4, -0.2) is 15.8 Å². The van der Waals surface area contributed by atoms with Gasteiger partial charge in [-0.05, 0) is 24.3 Å². The first-order valence-electron chi connectivity index (χ1n) is 5.57. The van der Waals surface area contributed by atoms with E-state index < -0.39 is 0 Å². The third-order valence-corrected chi connectivity index (χ3v) is 3.83. The van der Waals surface area contributed by atoms with E-state index in [0.29, 0.717) is 16.1 Å². The van der Waals surface area contributed by atoms with E-state index in [-0.39, 0.29) is 5.78 Å². The third kappa shape index (κ3) is 2.17. The largest absolute Gasteiger partial charge is 0.360 e. The summed E-state index contributed by atoms with van der Waals surface area (Å²) in [5.74, 6) is -0.0892. The van der Waals surface area contributed by atoms with Gasteiger partial charge in [-0.3, -0.25) is 9.78 Å². The van der Waals surface area contributed by atoms with Crippen LogP contribution in [0.4, 0.5) is 0 Å². The van der Waals surface area contributed by atoms with E-state index in [2.05, 4.69) is 25.9 Å². The van der Waals surface area contributed by atoms with Crippen LogP contribution in [0, 0.1) is 0 Å². The highest BCUT2D eigenvalue weighted by Gasteiger charge is 2.17. The van der Waals surface area contributed by atoms with E-state index in [9.17, 15) is 4.79 Å². The number of ketones is 1. The number of nitrogens with zero attached hydrogens (tertiary/aromatic N) is 1. The number of aromatic nitrogens is 2. The van der Waals surface area contributed by atoms with Gasteiger partial charge >= 0.3 is 0 Å². The highest BCUT2D eigenvalue weighted by molar-refractivity contribution is 9.10. The van der Waals surface area contributed by atoms with E-state index in [1.165, 1.54) is 0 Å². The molecule has 0 unspecified atom stereocenters. The number of carbonyl (C=O) groups is 1. The Hall–Kier alpha value is -1.65. The summed E-state index contributed by atoms with van der Waals surface area (Å²) in [7, 11) is 0. The summed E-state index contributed by atoms with van der Waals surface area (Å²) in [6.07, 6.45) is 5.06.